The predicted molar refractivity (Wildman–Crippen MR) is 61.4 cm³/mol. The van der Waals surface area contributed by atoms with E-state index in [9.17, 15) is 9.50 Å². The summed E-state index contributed by atoms with van der Waals surface area (Å²) >= 11 is 0. The fourth-order valence-electron chi connectivity index (χ4n) is 2.23. The Morgan fingerprint density at radius 1 is 1.38 bits per heavy atom. The molecule has 2 rings (SSSR count). The highest BCUT2D eigenvalue weighted by atomic mass is 19.1. The minimum Gasteiger partial charge on any atom is -0.396 e. The summed E-state index contributed by atoms with van der Waals surface area (Å²) in [5, 5.41) is 13.4. The van der Waals surface area contributed by atoms with E-state index in [1.807, 2.05) is 0 Å². The van der Waals surface area contributed by atoms with Crippen molar-refractivity contribution < 1.29 is 9.50 Å². The molecule has 0 aromatic heterocycles. The van der Waals surface area contributed by atoms with Gasteiger partial charge in [0.1, 0.15) is 5.82 Å². The van der Waals surface area contributed by atoms with Gasteiger partial charge in [-0.3, -0.25) is 0 Å². The van der Waals surface area contributed by atoms with Crippen molar-refractivity contribution >= 4 is 5.69 Å². The molecule has 0 radical (unpaired) electrons. The summed E-state index contributed by atoms with van der Waals surface area (Å²) in [6.45, 7) is 1.80. The van der Waals surface area contributed by atoms with E-state index in [2.05, 4.69) is 5.32 Å². The van der Waals surface area contributed by atoms with Gasteiger partial charge in [0.2, 0.25) is 0 Å². The number of hydrogen-bond acceptors (Lipinski definition) is 3. The fourth-order valence-corrected chi connectivity index (χ4v) is 2.23. The van der Waals surface area contributed by atoms with Gasteiger partial charge in [0.05, 0.1) is 11.8 Å². The molecule has 0 saturated carbocycles. The third-order valence-electron chi connectivity index (χ3n) is 3.24. The zero-order valence-electron chi connectivity index (χ0n) is 9.12. The van der Waals surface area contributed by atoms with Crippen LogP contribution in [0, 0.1) is 11.7 Å². The van der Waals surface area contributed by atoms with Crippen LogP contribution in [0.15, 0.2) is 18.2 Å². The van der Waals surface area contributed by atoms with Crippen LogP contribution in [0.2, 0.25) is 0 Å². The molecule has 1 aliphatic heterocycles. The number of aliphatic hydroxyl groups is 1. The van der Waals surface area contributed by atoms with Gasteiger partial charge in [0, 0.05) is 5.56 Å². The summed E-state index contributed by atoms with van der Waals surface area (Å²) in [6, 6.07) is 4.60. The van der Waals surface area contributed by atoms with E-state index in [4.69, 9.17) is 5.73 Å². The van der Waals surface area contributed by atoms with Crippen LogP contribution in [0.4, 0.5) is 10.1 Å². The Labute approximate surface area is 94.5 Å². The Balaban J connectivity index is 2.19. The van der Waals surface area contributed by atoms with Crippen molar-refractivity contribution in [2.45, 2.75) is 18.9 Å². The molecule has 1 unspecified atom stereocenters. The molecule has 1 fully saturated rings. The van der Waals surface area contributed by atoms with E-state index >= 15 is 0 Å². The Morgan fingerprint density at radius 3 is 2.75 bits per heavy atom. The molecule has 4 heteroatoms. The maximum Gasteiger partial charge on any atom is 0.146 e. The van der Waals surface area contributed by atoms with Crippen LogP contribution < -0.4 is 11.1 Å². The highest BCUT2D eigenvalue weighted by Crippen LogP contribution is 2.32. The Hall–Kier alpha value is -1.13. The lowest BCUT2D eigenvalue weighted by Crippen LogP contribution is -2.31. The molecule has 1 aliphatic rings. The lowest BCUT2D eigenvalue weighted by molar-refractivity contribution is 0.0893. The first-order valence-corrected chi connectivity index (χ1v) is 5.63. The Bertz CT molecular complexity index is 364. The third-order valence-corrected chi connectivity index (χ3v) is 3.24. The molecule has 0 amide bonds. The lowest BCUT2D eigenvalue weighted by atomic mass is 9.87. The van der Waals surface area contributed by atoms with Crippen molar-refractivity contribution in [2.75, 3.05) is 18.8 Å². The van der Waals surface area contributed by atoms with E-state index in [-0.39, 0.29) is 11.6 Å². The molecule has 0 spiro atoms. The van der Waals surface area contributed by atoms with Crippen molar-refractivity contribution in [2.24, 2.45) is 5.92 Å². The molecule has 1 atom stereocenters. The molecule has 3 nitrogen and oxygen atoms in total. The lowest BCUT2D eigenvalue weighted by Gasteiger charge is -2.28. The van der Waals surface area contributed by atoms with E-state index < -0.39 is 11.9 Å². The molecule has 1 aromatic rings. The van der Waals surface area contributed by atoms with Crippen molar-refractivity contribution in [3.8, 4) is 0 Å². The zero-order chi connectivity index (χ0) is 11.5. The first-order valence-electron chi connectivity index (χ1n) is 5.63. The van der Waals surface area contributed by atoms with E-state index in [0.717, 1.165) is 25.9 Å². The van der Waals surface area contributed by atoms with Gasteiger partial charge >= 0.3 is 0 Å². The average molecular weight is 224 g/mol. The number of aliphatic hydroxyl groups excluding tert-OH is 1. The van der Waals surface area contributed by atoms with Gasteiger partial charge in [-0.05, 0) is 37.9 Å². The number of benzene rings is 1. The average Bonchev–Trinajstić information content (AvgIpc) is 2.33. The van der Waals surface area contributed by atoms with Crippen LogP contribution in [-0.4, -0.2) is 18.2 Å². The van der Waals surface area contributed by atoms with Crippen molar-refractivity contribution in [3.63, 3.8) is 0 Å². The molecule has 0 aliphatic carbocycles. The molecule has 16 heavy (non-hydrogen) atoms. The normalized spacial score (nSPS) is 19.6. The van der Waals surface area contributed by atoms with Gasteiger partial charge in [-0.25, -0.2) is 4.39 Å². The smallest absolute Gasteiger partial charge is 0.146 e. The van der Waals surface area contributed by atoms with Gasteiger partial charge in [0.25, 0.3) is 0 Å². The molecular weight excluding hydrogens is 207 g/mol. The van der Waals surface area contributed by atoms with Gasteiger partial charge in [-0.1, -0.05) is 12.1 Å². The number of nitrogen functional groups attached to an aromatic ring is 1. The molecular formula is C12H17FN2O. The largest absolute Gasteiger partial charge is 0.396 e. The number of nitrogens with two attached hydrogens (primary N) is 1. The first kappa shape index (κ1) is 11.4. The SMILES string of the molecule is Nc1c(F)cccc1C(O)C1CCNCC1. The van der Waals surface area contributed by atoms with Crippen LogP contribution in [0.25, 0.3) is 0 Å². The van der Waals surface area contributed by atoms with Crippen LogP contribution >= 0.6 is 0 Å². The molecule has 1 aromatic carbocycles. The van der Waals surface area contributed by atoms with Crippen molar-refractivity contribution in [1.82, 2.24) is 5.32 Å². The summed E-state index contributed by atoms with van der Waals surface area (Å²) in [4.78, 5) is 0. The number of piperidine rings is 1. The Morgan fingerprint density at radius 2 is 2.06 bits per heavy atom. The second-order valence-electron chi connectivity index (χ2n) is 4.28. The van der Waals surface area contributed by atoms with Crippen LogP contribution in [-0.2, 0) is 0 Å². The maximum atomic E-state index is 13.3. The number of nitrogens with one attached hydrogen (secondary N) is 1. The third kappa shape index (κ3) is 2.18. The summed E-state index contributed by atoms with van der Waals surface area (Å²) in [5.74, 6) is -0.282. The first-order chi connectivity index (χ1) is 7.70. The summed E-state index contributed by atoms with van der Waals surface area (Å²) in [6.07, 6.45) is 1.15. The van der Waals surface area contributed by atoms with Crippen LogP contribution in [0.5, 0.6) is 0 Å². The van der Waals surface area contributed by atoms with E-state index in [1.54, 1.807) is 12.1 Å². The number of anilines is 1. The summed E-state index contributed by atoms with van der Waals surface area (Å²) in [5.41, 5.74) is 6.24. The van der Waals surface area contributed by atoms with Crippen molar-refractivity contribution in [1.29, 1.82) is 0 Å². The van der Waals surface area contributed by atoms with Gasteiger partial charge < -0.3 is 16.2 Å². The standard InChI is InChI=1S/C12H17FN2O/c13-10-3-1-2-9(11(10)14)12(16)8-4-6-15-7-5-8/h1-3,8,12,15-16H,4-7,14H2. The predicted octanol–water partition coefficient (Wildman–Crippen LogP) is 1.44. The quantitative estimate of drug-likeness (QED) is 0.666. The topological polar surface area (TPSA) is 58.3 Å². The molecule has 1 heterocycles. The van der Waals surface area contributed by atoms with E-state index in [0.29, 0.717) is 5.56 Å². The number of para-hydroxylation sites is 1. The van der Waals surface area contributed by atoms with E-state index in [1.165, 1.54) is 6.07 Å². The fraction of sp³-hybridized carbons (Fsp3) is 0.500. The molecule has 4 N–H and O–H groups in total. The van der Waals surface area contributed by atoms with Gasteiger partial charge in [0.15, 0.2) is 0 Å². The minimum atomic E-state index is -0.655. The minimum absolute atomic E-state index is 0.0773. The molecule has 0 bridgehead atoms. The van der Waals surface area contributed by atoms with Gasteiger partial charge in [-0.15, -0.1) is 0 Å². The number of hydrogen-bond donors (Lipinski definition) is 3. The summed E-state index contributed by atoms with van der Waals surface area (Å²) in [7, 11) is 0. The number of rotatable bonds is 2. The number of halogens is 1. The zero-order valence-corrected chi connectivity index (χ0v) is 9.12. The van der Waals surface area contributed by atoms with Crippen molar-refractivity contribution in [3.05, 3.63) is 29.6 Å². The second-order valence-corrected chi connectivity index (χ2v) is 4.28. The second kappa shape index (κ2) is 4.80. The molecule has 88 valence electrons. The van der Waals surface area contributed by atoms with Crippen LogP contribution in [0.3, 0.4) is 0 Å². The highest BCUT2D eigenvalue weighted by molar-refractivity contribution is 5.49. The van der Waals surface area contributed by atoms with Gasteiger partial charge in [-0.2, -0.15) is 0 Å². The maximum absolute atomic E-state index is 13.3. The van der Waals surface area contributed by atoms with Crippen LogP contribution in [0.1, 0.15) is 24.5 Å². The Kier molecular flexibility index (Phi) is 3.41. The monoisotopic (exact) mass is 224 g/mol. The molecule has 1 saturated heterocycles. The highest BCUT2D eigenvalue weighted by Gasteiger charge is 2.24. The summed E-state index contributed by atoms with van der Waals surface area (Å²) < 4.78 is 13.3.